The van der Waals surface area contributed by atoms with Gasteiger partial charge in [-0.05, 0) is 25.0 Å². The third kappa shape index (κ3) is 3.03. The largest absolute Gasteiger partial charge is 0.329 e. The summed E-state index contributed by atoms with van der Waals surface area (Å²) in [4.78, 5) is 13.2. The molecule has 0 saturated heterocycles. The van der Waals surface area contributed by atoms with Crippen LogP contribution in [0.15, 0.2) is 17.1 Å². The molecule has 0 aliphatic rings. The van der Waals surface area contributed by atoms with Crippen LogP contribution in [0.2, 0.25) is 0 Å². The molecule has 62 valence electrons. The number of nitrogens with one attached hydrogen (secondary N) is 1. The van der Waals surface area contributed by atoms with Crippen LogP contribution in [0.1, 0.15) is 25.0 Å². The lowest BCUT2D eigenvalue weighted by molar-refractivity contribution is 1.16. The molecule has 2 nitrogen and oxygen atoms in total. The van der Waals surface area contributed by atoms with E-state index in [0.717, 1.165) is 11.1 Å². The molecule has 1 heterocycles. The van der Waals surface area contributed by atoms with Gasteiger partial charge in [0, 0.05) is 12.3 Å². The van der Waals surface area contributed by atoms with Crippen LogP contribution in [0.3, 0.4) is 0 Å². The molecule has 0 aliphatic carbocycles. The summed E-state index contributed by atoms with van der Waals surface area (Å²) in [6, 6.07) is 1.59. The van der Waals surface area contributed by atoms with Crippen LogP contribution in [0.4, 0.5) is 0 Å². The first-order chi connectivity index (χ1) is 5.20. The van der Waals surface area contributed by atoms with Crippen LogP contribution < -0.4 is 5.56 Å². The van der Waals surface area contributed by atoms with Crippen LogP contribution in [0.5, 0.6) is 0 Å². The average molecular weight is 153 g/mol. The monoisotopic (exact) mass is 153 g/mol. The lowest BCUT2D eigenvalue weighted by atomic mass is 10.2. The van der Waals surface area contributed by atoms with E-state index in [1.165, 1.54) is 0 Å². The molecule has 0 bridgehead atoms. The minimum absolute atomic E-state index is 0.0295. The van der Waals surface area contributed by atoms with E-state index in [2.05, 4.69) is 4.98 Å². The van der Waals surface area contributed by atoms with Crippen molar-refractivity contribution < 1.29 is 0 Å². The van der Waals surface area contributed by atoms with Gasteiger partial charge in [-0.3, -0.25) is 4.79 Å². The summed E-state index contributed by atoms with van der Waals surface area (Å²) in [5.41, 5.74) is 2.13. The first kappa shape index (κ1) is 9.95. The molecule has 0 radical (unpaired) electrons. The van der Waals surface area contributed by atoms with Crippen molar-refractivity contribution in [2.75, 3.05) is 0 Å². The molecule has 2 heteroatoms. The molecule has 0 amide bonds. The highest BCUT2D eigenvalue weighted by molar-refractivity contribution is 5.18. The molecule has 0 unspecified atom stereocenters. The van der Waals surface area contributed by atoms with Crippen molar-refractivity contribution in [2.24, 2.45) is 0 Å². The standard InChI is InChI=1S/C7H9NO.C2H6/c1-5-3-7(9)8-4-6(5)2;1-2/h3-4H,1-2H3,(H,8,9);1-2H3. The molecule has 0 aliphatic heterocycles. The Hall–Kier alpha value is -1.05. The first-order valence-electron chi connectivity index (χ1n) is 3.86. The molecule has 1 N–H and O–H groups in total. The maximum absolute atomic E-state index is 10.6. The van der Waals surface area contributed by atoms with E-state index in [1.54, 1.807) is 12.3 Å². The number of pyridine rings is 1. The fraction of sp³-hybridized carbons (Fsp3) is 0.444. The Balaban J connectivity index is 0.000000461. The Morgan fingerprint density at radius 2 is 1.73 bits per heavy atom. The van der Waals surface area contributed by atoms with E-state index in [0.29, 0.717) is 0 Å². The van der Waals surface area contributed by atoms with E-state index >= 15 is 0 Å². The molecule has 0 fully saturated rings. The van der Waals surface area contributed by atoms with Gasteiger partial charge < -0.3 is 4.98 Å². The normalized spacial score (nSPS) is 8.36. The molecule has 1 aromatic rings. The highest BCUT2D eigenvalue weighted by Crippen LogP contribution is 1.97. The minimum Gasteiger partial charge on any atom is -0.329 e. The van der Waals surface area contributed by atoms with Crippen molar-refractivity contribution in [3.05, 3.63) is 33.7 Å². The van der Waals surface area contributed by atoms with E-state index in [1.807, 2.05) is 27.7 Å². The number of hydrogen-bond acceptors (Lipinski definition) is 1. The molecular formula is C9H15NO. The van der Waals surface area contributed by atoms with Gasteiger partial charge in [-0.2, -0.15) is 0 Å². The SMILES string of the molecule is CC.Cc1c[nH]c(=O)cc1C. The van der Waals surface area contributed by atoms with Gasteiger partial charge in [0.1, 0.15) is 0 Å². The first-order valence-corrected chi connectivity index (χ1v) is 3.86. The summed E-state index contributed by atoms with van der Waals surface area (Å²) >= 11 is 0. The van der Waals surface area contributed by atoms with Crippen molar-refractivity contribution in [1.29, 1.82) is 0 Å². The zero-order chi connectivity index (χ0) is 8.85. The second-order valence-electron chi connectivity index (χ2n) is 2.16. The van der Waals surface area contributed by atoms with Gasteiger partial charge in [0.25, 0.3) is 0 Å². The van der Waals surface area contributed by atoms with Gasteiger partial charge in [-0.1, -0.05) is 13.8 Å². The maximum atomic E-state index is 10.6. The minimum atomic E-state index is -0.0295. The van der Waals surface area contributed by atoms with Crippen molar-refractivity contribution in [2.45, 2.75) is 27.7 Å². The van der Waals surface area contributed by atoms with Crippen molar-refractivity contribution >= 4 is 0 Å². The third-order valence-electron chi connectivity index (χ3n) is 1.40. The highest BCUT2D eigenvalue weighted by atomic mass is 16.1. The average Bonchev–Trinajstić information content (AvgIpc) is 2.02. The number of aromatic nitrogens is 1. The molecule has 0 aromatic carbocycles. The third-order valence-corrected chi connectivity index (χ3v) is 1.40. The summed E-state index contributed by atoms with van der Waals surface area (Å²) in [5, 5.41) is 0. The molecule has 0 atom stereocenters. The Morgan fingerprint density at radius 1 is 1.18 bits per heavy atom. The van der Waals surface area contributed by atoms with Crippen molar-refractivity contribution in [3.8, 4) is 0 Å². The number of aromatic amines is 1. The Kier molecular flexibility index (Phi) is 4.27. The number of hydrogen-bond donors (Lipinski definition) is 1. The van der Waals surface area contributed by atoms with E-state index in [9.17, 15) is 4.79 Å². The molecule has 0 saturated carbocycles. The predicted octanol–water partition coefficient (Wildman–Crippen LogP) is 2.02. The van der Waals surface area contributed by atoms with Gasteiger partial charge in [0.05, 0.1) is 0 Å². The number of rotatable bonds is 0. The van der Waals surface area contributed by atoms with Crippen LogP contribution in [-0.2, 0) is 0 Å². The smallest absolute Gasteiger partial charge is 0.248 e. The van der Waals surface area contributed by atoms with E-state index in [4.69, 9.17) is 0 Å². The molecule has 0 spiro atoms. The van der Waals surface area contributed by atoms with E-state index < -0.39 is 0 Å². The topological polar surface area (TPSA) is 32.9 Å². The van der Waals surface area contributed by atoms with Gasteiger partial charge in [0.15, 0.2) is 0 Å². The van der Waals surface area contributed by atoms with Crippen LogP contribution >= 0.6 is 0 Å². The Bertz CT molecular complexity index is 263. The van der Waals surface area contributed by atoms with E-state index in [-0.39, 0.29) is 5.56 Å². The number of H-pyrrole nitrogens is 1. The van der Waals surface area contributed by atoms with Gasteiger partial charge in [-0.25, -0.2) is 0 Å². The summed E-state index contributed by atoms with van der Waals surface area (Å²) in [6.45, 7) is 7.88. The lowest BCUT2D eigenvalue weighted by Crippen LogP contribution is -2.03. The lowest BCUT2D eigenvalue weighted by Gasteiger charge is -1.93. The van der Waals surface area contributed by atoms with Gasteiger partial charge in [0.2, 0.25) is 5.56 Å². The fourth-order valence-electron chi connectivity index (χ4n) is 0.645. The highest BCUT2D eigenvalue weighted by Gasteiger charge is 1.89. The van der Waals surface area contributed by atoms with Gasteiger partial charge in [-0.15, -0.1) is 0 Å². The zero-order valence-electron chi connectivity index (χ0n) is 7.56. The number of aryl methyl sites for hydroxylation is 2. The summed E-state index contributed by atoms with van der Waals surface area (Å²) in [6.07, 6.45) is 1.72. The quantitative estimate of drug-likeness (QED) is 0.607. The van der Waals surface area contributed by atoms with Crippen LogP contribution in [0, 0.1) is 13.8 Å². The molecule has 1 aromatic heterocycles. The fourth-order valence-corrected chi connectivity index (χ4v) is 0.645. The second-order valence-corrected chi connectivity index (χ2v) is 2.16. The Morgan fingerprint density at radius 3 is 2.09 bits per heavy atom. The molecular weight excluding hydrogens is 138 g/mol. The predicted molar refractivity (Wildman–Crippen MR) is 47.9 cm³/mol. The summed E-state index contributed by atoms with van der Waals surface area (Å²) < 4.78 is 0. The molecule has 1 rings (SSSR count). The van der Waals surface area contributed by atoms with Crippen LogP contribution in [0.25, 0.3) is 0 Å². The second kappa shape index (κ2) is 4.72. The summed E-state index contributed by atoms with van der Waals surface area (Å²) in [7, 11) is 0. The summed E-state index contributed by atoms with van der Waals surface area (Å²) in [5.74, 6) is 0. The van der Waals surface area contributed by atoms with Crippen LogP contribution in [-0.4, -0.2) is 4.98 Å². The zero-order valence-corrected chi connectivity index (χ0v) is 7.56. The molecule has 11 heavy (non-hydrogen) atoms. The Labute approximate surface area is 67.3 Å². The van der Waals surface area contributed by atoms with Gasteiger partial charge >= 0.3 is 0 Å². The van der Waals surface area contributed by atoms with Crippen molar-refractivity contribution in [1.82, 2.24) is 4.98 Å². The maximum Gasteiger partial charge on any atom is 0.248 e. The van der Waals surface area contributed by atoms with Crippen molar-refractivity contribution in [3.63, 3.8) is 0 Å².